The molecule has 0 bridgehead atoms. The Balaban J connectivity index is 4.42. The van der Waals surface area contributed by atoms with Gasteiger partial charge in [-0.2, -0.15) is 0 Å². The third-order valence-electron chi connectivity index (χ3n) is 3.14. The Bertz CT molecular complexity index is 265. The molecule has 2 N–H and O–H groups in total. The molecule has 0 heterocycles. The van der Waals surface area contributed by atoms with Gasteiger partial charge in [0.2, 0.25) is 11.8 Å². The average molecular weight is 257 g/mol. The van der Waals surface area contributed by atoms with E-state index >= 15 is 0 Å². The molecule has 0 saturated heterocycles. The molecular weight excluding hydrogens is 230 g/mol. The first kappa shape index (κ1) is 16.9. The summed E-state index contributed by atoms with van der Waals surface area (Å²) >= 11 is 0. The summed E-state index contributed by atoms with van der Waals surface area (Å²) in [7, 11) is 1.67. The van der Waals surface area contributed by atoms with Crippen molar-refractivity contribution < 1.29 is 9.59 Å². The number of likely N-dealkylation sites (N-methyl/N-ethyl adjacent to an activating group) is 2. The normalized spacial score (nSPS) is 12.1. The van der Waals surface area contributed by atoms with Crippen LogP contribution in [0, 0.1) is 5.92 Å². The first-order chi connectivity index (χ1) is 8.51. The zero-order chi connectivity index (χ0) is 14.1. The quantitative estimate of drug-likeness (QED) is 0.695. The van der Waals surface area contributed by atoms with Crippen LogP contribution >= 0.6 is 0 Å². The van der Waals surface area contributed by atoms with Gasteiger partial charge in [0.25, 0.3) is 0 Å². The molecule has 0 aliphatic rings. The lowest BCUT2D eigenvalue weighted by molar-refractivity contribution is -0.141. The number of amides is 2. The van der Waals surface area contributed by atoms with Gasteiger partial charge in [-0.25, -0.2) is 0 Å². The van der Waals surface area contributed by atoms with Crippen molar-refractivity contribution in [1.82, 2.24) is 9.80 Å². The summed E-state index contributed by atoms with van der Waals surface area (Å²) in [6.45, 7) is 7.72. The lowest BCUT2D eigenvalue weighted by Gasteiger charge is -2.25. The second kappa shape index (κ2) is 8.91. The van der Waals surface area contributed by atoms with E-state index in [1.54, 1.807) is 11.9 Å². The van der Waals surface area contributed by atoms with Crippen molar-refractivity contribution in [3.63, 3.8) is 0 Å². The van der Waals surface area contributed by atoms with E-state index in [0.717, 1.165) is 12.8 Å². The van der Waals surface area contributed by atoms with Crippen LogP contribution in [0.3, 0.4) is 0 Å². The van der Waals surface area contributed by atoms with Crippen LogP contribution in [0.2, 0.25) is 0 Å². The maximum absolute atomic E-state index is 12.1. The molecule has 2 amide bonds. The van der Waals surface area contributed by atoms with E-state index in [1.807, 2.05) is 20.8 Å². The van der Waals surface area contributed by atoms with Gasteiger partial charge in [0.05, 0.1) is 12.5 Å². The van der Waals surface area contributed by atoms with Crippen LogP contribution in [0.25, 0.3) is 0 Å². The predicted molar refractivity (Wildman–Crippen MR) is 73.0 cm³/mol. The van der Waals surface area contributed by atoms with E-state index in [-0.39, 0.29) is 24.3 Å². The van der Waals surface area contributed by atoms with Gasteiger partial charge >= 0.3 is 0 Å². The fourth-order valence-corrected chi connectivity index (χ4v) is 1.96. The molecule has 0 saturated carbocycles. The van der Waals surface area contributed by atoms with E-state index in [4.69, 9.17) is 5.73 Å². The number of rotatable bonds is 8. The Labute approximate surface area is 110 Å². The summed E-state index contributed by atoms with van der Waals surface area (Å²) in [6, 6.07) is 0. The molecule has 106 valence electrons. The van der Waals surface area contributed by atoms with Crippen molar-refractivity contribution in [2.45, 2.75) is 33.6 Å². The van der Waals surface area contributed by atoms with Gasteiger partial charge in [0, 0.05) is 26.7 Å². The van der Waals surface area contributed by atoms with E-state index < -0.39 is 0 Å². The maximum Gasteiger partial charge on any atom is 0.242 e. The largest absolute Gasteiger partial charge is 0.342 e. The van der Waals surface area contributed by atoms with Gasteiger partial charge in [0.15, 0.2) is 0 Å². The van der Waals surface area contributed by atoms with Crippen molar-refractivity contribution >= 4 is 11.8 Å². The van der Waals surface area contributed by atoms with Crippen LogP contribution in [-0.2, 0) is 9.59 Å². The van der Waals surface area contributed by atoms with Crippen LogP contribution in [0.5, 0.6) is 0 Å². The summed E-state index contributed by atoms with van der Waals surface area (Å²) in [5, 5.41) is 0. The summed E-state index contributed by atoms with van der Waals surface area (Å²) < 4.78 is 0. The molecule has 5 heteroatoms. The summed E-state index contributed by atoms with van der Waals surface area (Å²) in [6.07, 6.45) is 1.70. The number of hydrogen-bond donors (Lipinski definition) is 1. The molecule has 5 nitrogen and oxygen atoms in total. The molecule has 0 rings (SSSR count). The highest BCUT2D eigenvalue weighted by molar-refractivity contribution is 5.85. The minimum atomic E-state index is -0.162. The van der Waals surface area contributed by atoms with Crippen molar-refractivity contribution in [1.29, 1.82) is 0 Å². The summed E-state index contributed by atoms with van der Waals surface area (Å²) in [5.74, 6) is -0.201. The highest BCUT2D eigenvalue weighted by Crippen LogP contribution is 2.08. The third kappa shape index (κ3) is 5.04. The molecule has 0 aliphatic carbocycles. The second-order valence-electron chi connectivity index (χ2n) is 4.48. The van der Waals surface area contributed by atoms with E-state index in [2.05, 4.69) is 0 Å². The summed E-state index contributed by atoms with van der Waals surface area (Å²) in [5.41, 5.74) is 5.60. The number of carbonyl (C=O) groups is 2. The number of nitrogens with two attached hydrogens (primary N) is 1. The Morgan fingerprint density at radius 1 is 1.17 bits per heavy atom. The first-order valence-corrected chi connectivity index (χ1v) is 6.74. The zero-order valence-corrected chi connectivity index (χ0v) is 12.1. The average Bonchev–Trinajstić information content (AvgIpc) is 2.36. The molecule has 0 radical (unpaired) electrons. The molecule has 0 spiro atoms. The van der Waals surface area contributed by atoms with Crippen molar-refractivity contribution in [3.05, 3.63) is 0 Å². The van der Waals surface area contributed by atoms with Crippen LogP contribution in [0.4, 0.5) is 0 Å². The lowest BCUT2D eigenvalue weighted by atomic mass is 10.0. The van der Waals surface area contributed by atoms with Crippen LogP contribution in [0.1, 0.15) is 33.6 Å². The minimum Gasteiger partial charge on any atom is -0.342 e. The highest BCUT2D eigenvalue weighted by Gasteiger charge is 2.22. The molecule has 1 atom stereocenters. The van der Waals surface area contributed by atoms with Gasteiger partial charge in [-0.15, -0.1) is 0 Å². The maximum atomic E-state index is 12.1. The van der Waals surface area contributed by atoms with E-state index in [9.17, 15) is 9.59 Å². The van der Waals surface area contributed by atoms with Crippen LogP contribution in [0.15, 0.2) is 0 Å². The van der Waals surface area contributed by atoms with Crippen molar-refractivity contribution in [2.24, 2.45) is 11.7 Å². The standard InChI is InChI=1S/C13H27N3O2/c1-5-8-11(9-14)13(18)15(4)10-12(17)16(6-2)7-3/h11H,5-10,14H2,1-4H3. The smallest absolute Gasteiger partial charge is 0.242 e. The van der Waals surface area contributed by atoms with Gasteiger partial charge in [-0.1, -0.05) is 13.3 Å². The molecule has 18 heavy (non-hydrogen) atoms. The van der Waals surface area contributed by atoms with E-state index in [0.29, 0.717) is 19.6 Å². The fourth-order valence-electron chi connectivity index (χ4n) is 1.96. The molecular formula is C13H27N3O2. The van der Waals surface area contributed by atoms with Crippen LogP contribution in [-0.4, -0.2) is 54.8 Å². The van der Waals surface area contributed by atoms with E-state index in [1.165, 1.54) is 4.90 Å². The monoisotopic (exact) mass is 257 g/mol. The highest BCUT2D eigenvalue weighted by atomic mass is 16.2. The van der Waals surface area contributed by atoms with Gasteiger partial charge in [-0.05, 0) is 20.3 Å². The molecule has 0 aromatic heterocycles. The fraction of sp³-hybridized carbons (Fsp3) is 0.846. The first-order valence-electron chi connectivity index (χ1n) is 6.74. The molecule has 0 fully saturated rings. The Hall–Kier alpha value is -1.10. The third-order valence-corrected chi connectivity index (χ3v) is 3.14. The number of carbonyl (C=O) groups excluding carboxylic acids is 2. The topological polar surface area (TPSA) is 66.6 Å². The molecule has 0 aromatic rings. The number of nitrogens with zero attached hydrogens (tertiary/aromatic N) is 2. The molecule has 1 unspecified atom stereocenters. The second-order valence-corrected chi connectivity index (χ2v) is 4.48. The summed E-state index contributed by atoms with van der Waals surface area (Å²) in [4.78, 5) is 27.2. The molecule has 0 aliphatic heterocycles. The van der Waals surface area contributed by atoms with Crippen LogP contribution < -0.4 is 5.73 Å². The molecule has 0 aromatic carbocycles. The number of hydrogen-bond acceptors (Lipinski definition) is 3. The minimum absolute atomic E-state index is 0.0110. The predicted octanol–water partition coefficient (Wildman–Crippen LogP) is 0.688. The van der Waals surface area contributed by atoms with Gasteiger partial charge in [0.1, 0.15) is 0 Å². The van der Waals surface area contributed by atoms with Gasteiger partial charge in [-0.3, -0.25) is 9.59 Å². The van der Waals surface area contributed by atoms with Crippen molar-refractivity contribution in [3.8, 4) is 0 Å². The zero-order valence-electron chi connectivity index (χ0n) is 12.1. The Morgan fingerprint density at radius 2 is 1.72 bits per heavy atom. The SMILES string of the molecule is CCCC(CN)C(=O)N(C)CC(=O)N(CC)CC. The Kier molecular flexibility index (Phi) is 8.37. The van der Waals surface area contributed by atoms with Gasteiger partial charge < -0.3 is 15.5 Å². The van der Waals surface area contributed by atoms with Crippen molar-refractivity contribution in [2.75, 3.05) is 33.2 Å². The Morgan fingerprint density at radius 3 is 2.11 bits per heavy atom. The lowest BCUT2D eigenvalue weighted by Crippen LogP contribution is -2.44.